The highest BCUT2D eigenvalue weighted by molar-refractivity contribution is 7.22. The van der Waals surface area contributed by atoms with Crippen molar-refractivity contribution in [2.75, 3.05) is 18.4 Å². The molecule has 5 heterocycles. The molecule has 11 heteroatoms. The van der Waals surface area contributed by atoms with Crippen LogP contribution in [0.3, 0.4) is 0 Å². The number of rotatable bonds is 7. The Hall–Kier alpha value is -2.73. The zero-order valence-corrected chi connectivity index (χ0v) is 17.6. The second-order valence-electron chi connectivity index (χ2n) is 6.82. The molecule has 4 aromatic rings. The number of nitrogens with zero attached hydrogens (tertiary/aromatic N) is 4. The van der Waals surface area contributed by atoms with Crippen molar-refractivity contribution in [1.29, 1.82) is 0 Å². The number of aromatic nitrogens is 4. The molecule has 0 radical (unpaired) electrons. The molecule has 0 spiro atoms. The van der Waals surface area contributed by atoms with Gasteiger partial charge < -0.3 is 20.5 Å². The molecule has 3 N–H and O–H groups in total. The van der Waals surface area contributed by atoms with Crippen LogP contribution in [0.15, 0.2) is 29.4 Å². The number of hydrogen-bond donors (Lipinski definition) is 3. The third kappa shape index (κ3) is 3.97. The van der Waals surface area contributed by atoms with Gasteiger partial charge in [0.1, 0.15) is 15.5 Å². The molecule has 9 nitrogen and oxygen atoms in total. The summed E-state index contributed by atoms with van der Waals surface area (Å²) in [5.41, 5.74) is 3.23. The topological polar surface area (TPSA) is 118 Å². The Morgan fingerprint density at radius 3 is 3.17 bits per heavy atom. The molecule has 5 rings (SSSR count). The van der Waals surface area contributed by atoms with Crippen molar-refractivity contribution in [1.82, 2.24) is 30.7 Å². The molecule has 4 aromatic heterocycles. The van der Waals surface area contributed by atoms with E-state index in [1.54, 1.807) is 35.1 Å². The summed E-state index contributed by atoms with van der Waals surface area (Å²) in [6.07, 6.45) is 6.13. The van der Waals surface area contributed by atoms with Gasteiger partial charge in [-0.05, 0) is 24.6 Å². The van der Waals surface area contributed by atoms with Crippen LogP contribution in [0.1, 0.15) is 22.7 Å². The fourth-order valence-corrected chi connectivity index (χ4v) is 5.71. The van der Waals surface area contributed by atoms with E-state index in [9.17, 15) is 4.79 Å². The molecule has 0 fully saturated rings. The van der Waals surface area contributed by atoms with Crippen LogP contribution in [0.5, 0.6) is 0 Å². The van der Waals surface area contributed by atoms with Crippen molar-refractivity contribution in [2.24, 2.45) is 0 Å². The van der Waals surface area contributed by atoms with E-state index in [0.29, 0.717) is 25.3 Å². The third-order valence-corrected chi connectivity index (χ3v) is 7.00. The molecular weight excluding hydrogens is 422 g/mol. The number of fused-ring (bicyclic) bond motifs is 2. The van der Waals surface area contributed by atoms with Crippen molar-refractivity contribution < 1.29 is 9.32 Å². The van der Waals surface area contributed by atoms with Gasteiger partial charge in [0, 0.05) is 36.1 Å². The van der Waals surface area contributed by atoms with E-state index in [2.05, 4.69) is 31.1 Å². The maximum absolute atomic E-state index is 12.6. The SMILES string of the molecule is O=C(CCNCc1ncon1)Nc1sc2c(c1-c1nc3cnccc3s1)CCNC2. The van der Waals surface area contributed by atoms with Crippen LogP contribution in [0.2, 0.25) is 0 Å². The summed E-state index contributed by atoms with van der Waals surface area (Å²) in [6, 6.07) is 1.98. The number of nitrogens with one attached hydrogen (secondary N) is 3. The average molecular weight is 442 g/mol. The highest BCUT2D eigenvalue weighted by atomic mass is 32.1. The van der Waals surface area contributed by atoms with Gasteiger partial charge in [0.15, 0.2) is 5.82 Å². The minimum Gasteiger partial charge on any atom is -0.343 e. The molecule has 0 unspecified atom stereocenters. The molecule has 1 amide bonds. The second-order valence-corrected chi connectivity index (χ2v) is 8.96. The number of thiazole rings is 1. The van der Waals surface area contributed by atoms with Gasteiger partial charge in [-0.2, -0.15) is 4.98 Å². The quantitative estimate of drug-likeness (QED) is 0.375. The van der Waals surface area contributed by atoms with Gasteiger partial charge in [0.2, 0.25) is 12.3 Å². The first-order valence-electron chi connectivity index (χ1n) is 9.60. The van der Waals surface area contributed by atoms with Gasteiger partial charge in [-0.15, -0.1) is 22.7 Å². The highest BCUT2D eigenvalue weighted by Crippen LogP contribution is 2.44. The predicted octanol–water partition coefficient (Wildman–Crippen LogP) is 2.57. The maximum atomic E-state index is 12.6. The first-order chi connectivity index (χ1) is 14.8. The number of hydrogen-bond acceptors (Lipinski definition) is 10. The minimum atomic E-state index is -0.0359. The summed E-state index contributed by atoms with van der Waals surface area (Å²) < 4.78 is 5.79. The van der Waals surface area contributed by atoms with Crippen molar-refractivity contribution >= 4 is 43.8 Å². The molecule has 0 aromatic carbocycles. The van der Waals surface area contributed by atoms with Gasteiger partial charge in [0.25, 0.3) is 0 Å². The van der Waals surface area contributed by atoms with Crippen molar-refractivity contribution in [3.63, 3.8) is 0 Å². The fraction of sp³-hybridized carbons (Fsp3) is 0.316. The van der Waals surface area contributed by atoms with Crippen LogP contribution in [0, 0.1) is 0 Å². The van der Waals surface area contributed by atoms with Gasteiger partial charge in [-0.1, -0.05) is 5.16 Å². The monoisotopic (exact) mass is 441 g/mol. The van der Waals surface area contributed by atoms with Crippen LogP contribution in [0.4, 0.5) is 5.00 Å². The Labute approximate surface area is 179 Å². The molecule has 0 saturated carbocycles. The Morgan fingerprint density at radius 2 is 2.30 bits per heavy atom. The first kappa shape index (κ1) is 19.2. The predicted molar refractivity (Wildman–Crippen MR) is 115 cm³/mol. The van der Waals surface area contributed by atoms with E-state index in [1.165, 1.54) is 16.8 Å². The highest BCUT2D eigenvalue weighted by Gasteiger charge is 2.25. The van der Waals surface area contributed by atoms with E-state index < -0.39 is 0 Å². The molecule has 0 atom stereocenters. The average Bonchev–Trinajstić information content (AvgIpc) is 3.48. The van der Waals surface area contributed by atoms with Gasteiger partial charge in [0.05, 0.1) is 17.4 Å². The Morgan fingerprint density at radius 1 is 1.33 bits per heavy atom. The zero-order chi connectivity index (χ0) is 20.3. The third-order valence-electron chi connectivity index (χ3n) is 4.80. The Balaban J connectivity index is 1.34. The molecule has 0 saturated heterocycles. The van der Waals surface area contributed by atoms with E-state index >= 15 is 0 Å². The normalized spacial score (nSPS) is 13.5. The molecule has 154 valence electrons. The van der Waals surface area contributed by atoms with Crippen LogP contribution >= 0.6 is 22.7 Å². The molecule has 30 heavy (non-hydrogen) atoms. The van der Waals surface area contributed by atoms with E-state index in [1.807, 2.05) is 6.07 Å². The van der Waals surface area contributed by atoms with E-state index in [-0.39, 0.29) is 5.91 Å². The van der Waals surface area contributed by atoms with Crippen LogP contribution in [-0.2, 0) is 24.3 Å². The van der Waals surface area contributed by atoms with E-state index in [0.717, 1.165) is 45.3 Å². The molecular formula is C19H19N7O2S2. The zero-order valence-electron chi connectivity index (χ0n) is 16.0. The number of pyridine rings is 1. The largest absolute Gasteiger partial charge is 0.343 e. The lowest BCUT2D eigenvalue weighted by Gasteiger charge is -2.13. The van der Waals surface area contributed by atoms with Crippen molar-refractivity contribution in [3.8, 4) is 10.6 Å². The molecule has 1 aliphatic heterocycles. The Bertz CT molecular complexity index is 1140. The van der Waals surface area contributed by atoms with Gasteiger partial charge in [-0.25, -0.2) is 4.98 Å². The van der Waals surface area contributed by atoms with Crippen molar-refractivity contribution in [2.45, 2.75) is 25.9 Å². The summed E-state index contributed by atoms with van der Waals surface area (Å²) >= 11 is 3.27. The fourth-order valence-electron chi connectivity index (χ4n) is 3.40. The smallest absolute Gasteiger partial charge is 0.226 e. The second kappa shape index (κ2) is 8.56. The van der Waals surface area contributed by atoms with Gasteiger partial charge >= 0.3 is 0 Å². The molecule has 0 bridgehead atoms. The number of carbonyl (C=O) groups is 1. The molecule has 1 aliphatic rings. The summed E-state index contributed by atoms with van der Waals surface area (Å²) in [7, 11) is 0. The van der Waals surface area contributed by atoms with Crippen LogP contribution in [-0.4, -0.2) is 39.1 Å². The standard InChI is InChI=1S/C19H19N7O2S2/c27-16(3-6-22-9-15-23-10-28-26-15)25-19-17(11-1-4-21-8-14(11)30-19)18-24-12-7-20-5-2-13(12)29-18/h2,5,7,10,21-22H,1,3-4,6,8-9H2,(H,25,27). The Kier molecular flexibility index (Phi) is 5.49. The summed E-state index contributed by atoms with van der Waals surface area (Å²) in [6.45, 7) is 2.74. The van der Waals surface area contributed by atoms with Gasteiger partial charge in [-0.3, -0.25) is 9.78 Å². The maximum Gasteiger partial charge on any atom is 0.226 e. The number of anilines is 1. The molecule has 0 aliphatic carbocycles. The number of thiophene rings is 1. The summed E-state index contributed by atoms with van der Waals surface area (Å²) in [4.78, 5) is 26.8. The lowest BCUT2D eigenvalue weighted by Crippen LogP contribution is -2.22. The van der Waals surface area contributed by atoms with Crippen LogP contribution in [0.25, 0.3) is 20.8 Å². The number of carbonyl (C=O) groups excluding carboxylic acids is 1. The first-order valence-corrected chi connectivity index (χ1v) is 11.2. The number of amides is 1. The van der Waals surface area contributed by atoms with E-state index in [4.69, 9.17) is 9.51 Å². The summed E-state index contributed by atoms with van der Waals surface area (Å²) in [5, 5.41) is 15.2. The lowest BCUT2D eigenvalue weighted by molar-refractivity contribution is -0.116. The lowest BCUT2D eigenvalue weighted by atomic mass is 10.0. The van der Waals surface area contributed by atoms with Crippen molar-refractivity contribution in [3.05, 3.63) is 41.1 Å². The van der Waals surface area contributed by atoms with Crippen LogP contribution < -0.4 is 16.0 Å². The minimum absolute atomic E-state index is 0.0359. The summed E-state index contributed by atoms with van der Waals surface area (Å²) in [5.74, 6) is 0.535.